The fourth-order valence-corrected chi connectivity index (χ4v) is 2.58. The minimum atomic E-state index is -4.48. The summed E-state index contributed by atoms with van der Waals surface area (Å²) < 4.78 is 45.2. The minimum absolute atomic E-state index is 0.0970. The van der Waals surface area contributed by atoms with Crippen LogP contribution in [0.5, 0.6) is 0 Å². The van der Waals surface area contributed by atoms with Gasteiger partial charge >= 0.3 is 6.18 Å². The first kappa shape index (κ1) is 16.2. The van der Waals surface area contributed by atoms with Crippen molar-refractivity contribution in [1.82, 2.24) is 15.3 Å². The van der Waals surface area contributed by atoms with Crippen LogP contribution in [0.4, 0.5) is 13.2 Å². The number of rotatable bonds is 2. The van der Waals surface area contributed by atoms with Gasteiger partial charge in [-0.1, -0.05) is 20.8 Å². The van der Waals surface area contributed by atoms with Gasteiger partial charge in [-0.05, 0) is 18.4 Å². The zero-order valence-corrected chi connectivity index (χ0v) is 12.6. The Morgan fingerprint density at radius 2 is 1.86 bits per heavy atom. The first-order valence-electron chi connectivity index (χ1n) is 6.85. The fraction of sp³-hybridized carbons (Fsp3) is 0.714. The van der Waals surface area contributed by atoms with Gasteiger partial charge in [0.05, 0.1) is 5.69 Å². The van der Waals surface area contributed by atoms with Crippen LogP contribution in [0.2, 0.25) is 0 Å². The molecule has 0 spiro atoms. The molecule has 0 saturated carbocycles. The highest BCUT2D eigenvalue weighted by Gasteiger charge is 2.39. The van der Waals surface area contributed by atoms with Gasteiger partial charge in [0.15, 0.2) is 11.5 Å². The van der Waals surface area contributed by atoms with Crippen LogP contribution in [-0.4, -0.2) is 23.6 Å². The number of methoxy groups -OCH3 is 1. The lowest BCUT2D eigenvalue weighted by atomic mass is 9.88. The maximum absolute atomic E-state index is 13.3. The molecule has 1 aliphatic rings. The first-order valence-corrected chi connectivity index (χ1v) is 6.85. The third kappa shape index (κ3) is 3.35. The van der Waals surface area contributed by atoms with E-state index < -0.39 is 23.4 Å². The third-order valence-electron chi connectivity index (χ3n) is 3.48. The average Bonchev–Trinajstić information content (AvgIpc) is 2.35. The van der Waals surface area contributed by atoms with Crippen LogP contribution in [0, 0.1) is 5.41 Å². The van der Waals surface area contributed by atoms with E-state index in [1.54, 1.807) is 0 Å². The quantitative estimate of drug-likeness (QED) is 0.912. The van der Waals surface area contributed by atoms with Gasteiger partial charge in [0, 0.05) is 19.2 Å². The molecule has 1 atom stereocenters. The summed E-state index contributed by atoms with van der Waals surface area (Å²) in [7, 11) is 1.46. The van der Waals surface area contributed by atoms with Crippen molar-refractivity contribution >= 4 is 0 Å². The molecule has 1 aromatic heterocycles. The molecule has 1 N–H and O–H groups in total. The molecule has 0 bridgehead atoms. The lowest BCUT2D eigenvalue weighted by molar-refractivity contribution is -0.142. The lowest BCUT2D eigenvalue weighted by Crippen LogP contribution is -2.31. The van der Waals surface area contributed by atoms with E-state index in [1.807, 2.05) is 20.8 Å². The number of nitrogens with one attached hydrogen (secondary N) is 1. The Balaban J connectivity index is 2.59. The van der Waals surface area contributed by atoms with Crippen LogP contribution in [0.25, 0.3) is 0 Å². The third-order valence-corrected chi connectivity index (χ3v) is 3.48. The van der Waals surface area contributed by atoms with Gasteiger partial charge in [-0.2, -0.15) is 13.2 Å². The SMILES string of the molecule is COC(c1nc2c(c(C(F)(F)F)n1)CCNC2)C(C)(C)C. The molecule has 0 saturated heterocycles. The summed E-state index contributed by atoms with van der Waals surface area (Å²) >= 11 is 0. The Labute approximate surface area is 122 Å². The van der Waals surface area contributed by atoms with Crippen molar-refractivity contribution in [3.05, 3.63) is 22.8 Å². The fourth-order valence-electron chi connectivity index (χ4n) is 2.58. The highest BCUT2D eigenvalue weighted by Crippen LogP contribution is 2.37. The number of aromatic nitrogens is 2. The summed E-state index contributed by atoms with van der Waals surface area (Å²) in [4.78, 5) is 8.13. The molecular formula is C14H20F3N3O. The molecule has 2 heterocycles. The number of nitrogens with zero attached hydrogens (tertiary/aromatic N) is 2. The second-order valence-corrected chi connectivity index (χ2v) is 6.26. The summed E-state index contributed by atoms with van der Waals surface area (Å²) in [6.45, 7) is 6.49. The van der Waals surface area contributed by atoms with Crippen LogP contribution in [0.15, 0.2) is 0 Å². The normalized spacial score (nSPS) is 17.5. The predicted octanol–water partition coefficient (Wildman–Crippen LogP) is 2.87. The van der Waals surface area contributed by atoms with Crippen molar-refractivity contribution in [3.8, 4) is 0 Å². The topological polar surface area (TPSA) is 47.0 Å². The van der Waals surface area contributed by atoms with E-state index in [9.17, 15) is 13.2 Å². The average molecular weight is 303 g/mol. The number of alkyl halides is 3. The number of fused-ring (bicyclic) bond motifs is 1. The molecule has 0 aliphatic carbocycles. The summed E-state index contributed by atoms with van der Waals surface area (Å²) in [6.07, 6.45) is -4.78. The number of hydrogen-bond acceptors (Lipinski definition) is 4. The number of hydrogen-bond donors (Lipinski definition) is 1. The van der Waals surface area contributed by atoms with Gasteiger partial charge < -0.3 is 10.1 Å². The van der Waals surface area contributed by atoms with Crippen LogP contribution >= 0.6 is 0 Å². The molecule has 0 radical (unpaired) electrons. The predicted molar refractivity (Wildman–Crippen MR) is 71.6 cm³/mol. The minimum Gasteiger partial charge on any atom is -0.373 e. The standard InChI is InChI=1S/C14H20F3N3O/c1-13(2,3)11(21-4)12-19-9-7-18-6-5-8(9)10(20-12)14(15,16)17/h11,18H,5-7H2,1-4H3. The van der Waals surface area contributed by atoms with Crippen molar-refractivity contribution < 1.29 is 17.9 Å². The highest BCUT2D eigenvalue weighted by atomic mass is 19.4. The van der Waals surface area contributed by atoms with E-state index in [0.717, 1.165) is 0 Å². The molecular weight excluding hydrogens is 283 g/mol. The smallest absolute Gasteiger partial charge is 0.373 e. The van der Waals surface area contributed by atoms with Gasteiger partial charge in [-0.3, -0.25) is 0 Å². The molecule has 118 valence electrons. The summed E-state index contributed by atoms with van der Waals surface area (Å²) in [5, 5.41) is 3.04. The van der Waals surface area contributed by atoms with Crippen LogP contribution in [-0.2, 0) is 23.9 Å². The summed E-state index contributed by atoms with van der Waals surface area (Å²) in [5.74, 6) is 0.0970. The molecule has 0 amide bonds. The molecule has 7 heteroatoms. The van der Waals surface area contributed by atoms with Gasteiger partial charge in [-0.15, -0.1) is 0 Å². The van der Waals surface area contributed by atoms with E-state index in [4.69, 9.17) is 4.74 Å². The second kappa shape index (κ2) is 5.53. The van der Waals surface area contributed by atoms with Crippen molar-refractivity contribution in [2.75, 3.05) is 13.7 Å². The molecule has 0 fully saturated rings. The second-order valence-electron chi connectivity index (χ2n) is 6.26. The van der Waals surface area contributed by atoms with Crippen LogP contribution in [0.1, 0.15) is 49.7 Å². The zero-order chi connectivity index (χ0) is 15.8. The Morgan fingerprint density at radius 3 is 2.38 bits per heavy atom. The van der Waals surface area contributed by atoms with Crippen molar-refractivity contribution in [2.45, 2.75) is 46.0 Å². The number of halogens is 3. The Morgan fingerprint density at radius 1 is 1.19 bits per heavy atom. The van der Waals surface area contributed by atoms with Gasteiger partial charge in [0.25, 0.3) is 0 Å². The molecule has 21 heavy (non-hydrogen) atoms. The maximum Gasteiger partial charge on any atom is 0.433 e. The molecule has 2 rings (SSSR count). The van der Waals surface area contributed by atoms with E-state index >= 15 is 0 Å². The summed E-state index contributed by atoms with van der Waals surface area (Å²) in [5.41, 5.74) is -0.595. The van der Waals surface area contributed by atoms with Crippen molar-refractivity contribution in [1.29, 1.82) is 0 Å². The van der Waals surface area contributed by atoms with Crippen molar-refractivity contribution in [3.63, 3.8) is 0 Å². The monoisotopic (exact) mass is 303 g/mol. The Hall–Kier alpha value is -1.21. The first-order chi connectivity index (χ1) is 9.64. The van der Waals surface area contributed by atoms with E-state index in [-0.39, 0.29) is 17.8 Å². The van der Waals surface area contributed by atoms with Crippen molar-refractivity contribution in [2.24, 2.45) is 5.41 Å². The van der Waals surface area contributed by atoms with E-state index in [1.165, 1.54) is 7.11 Å². The van der Waals surface area contributed by atoms with Crippen LogP contribution < -0.4 is 5.32 Å². The molecule has 4 nitrogen and oxygen atoms in total. The van der Waals surface area contributed by atoms with Crippen LogP contribution in [0.3, 0.4) is 0 Å². The maximum atomic E-state index is 13.3. The molecule has 1 unspecified atom stereocenters. The largest absolute Gasteiger partial charge is 0.433 e. The Kier molecular flexibility index (Phi) is 4.26. The molecule has 1 aliphatic heterocycles. The van der Waals surface area contributed by atoms with E-state index in [2.05, 4.69) is 15.3 Å². The van der Waals surface area contributed by atoms with E-state index in [0.29, 0.717) is 18.8 Å². The summed E-state index contributed by atoms with van der Waals surface area (Å²) in [6, 6.07) is 0. The lowest BCUT2D eigenvalue weighted by Gasteiger charge is -2.30. The van der Waals surface area contributed by atoms with Gasteiger partial charge in [0.1, 0.15) is 6.10 Å². The molecule has 1 aromatic rings. The number of ether oxygens (including phenoxy) is 1. The highest BCUT2D eigenvalue weighted by molar-refractivity contribution is 5.31. The van der Waals surface area contributed by atoms with Gasteiger partial charge in [0.2, 0.25) is 0 Å². The Bertz CT molecular complexity index is 523. The zero-order valence-electron chi connectivity index (χ0n) is 12.6. The van der Waals surface area contributed by atoms with Gasteiger partial charge in [-0.25, -0.2) is 9.97 Å². The molecule has 0 aromatic carbocycles.